The van der Waals surface area contributed by atoms with Gasteiger partial charge in [-0.05, 0) is 81.6 Å². The first-order valence-electron chi connectivity index (χ1n) is 15.5. The maximum atomic E-state index is 13.4. The molecule has 0 spiro atoms. The summed E-state index contributed by atoms with van der Waals surface area (Å²) in [5.74, 6) is -1.75. The summed E-state index contributed by atoms with van der Waals surface area (Å²) in [4.78, 5) is 26.3. The fourth-order valence-corrected chi connectivity index (χ4v) is 10.4. The molecule has 2 N–H and O–H groups in total. The summed E-state index contributed by atoms with van der Waals surface area (Å²) >= 11 is 0. The van der Waals surface area contributed by atoms with Gasteiger partial charge in [0.25, 0.3) is 0 Å². The van der Waals surface area contributed by atoms with Crippen molar-refractivity contribution < 1.29 is 32.7 Å². The van der Waals surface area contributed by atoms with Crippen LogP contribution in [0.15, 0.2) is 0 Å². The minimum atomic E-state index is -2.44. The number of nitrogens with one attached hydrogen (secondary N) is 1. The number of amides is 1. The number of hydrogen-bond acceptors (Lipinski definition) is 6. The van der Waals surface area contributed by atoms with Crippen molar-refractivity contribution in [2.75, 3.05) is 0 Å². The Labute approximate surface area is 254 Å². The Morgan fingerprint density at radius 2 is 1.20 bits per heavy atom. The first kappa shape index (κ1) is 38.3. The number of aliphatic carboxylic acids is 1. The second kappa shape index (κ2) is 13.5. The predicted molar refractivity (Wildman–Crippen MR) is 175 cm³/mol. The van der Waals surface area contributed by atoms with E-state index in [0.29, 0.717) is 0 Å². The fraction of sp³-hybridized carbons (Fsp3) is 0.933. The van der Waals surface area contributed by atoms with Crippen LogP contribution < -0.4 is 5.32 Å². The third-order valence-electron chi connectivity index (χ3n) is 9.77. The molecule has 0 heterocycles. The topological polar surface area (TPSA) is 103 Å². The Morgan fingerprint density at radius 1 is 0.756 bits per heavy atom. The number of rotatable bonds is 11. The number of hydrogen-bond donors (Lipinski definition) is 2. The van der Waals surface area contributed by atoms with Crippen molar-refractivity contribution in [1.29, 1.82) is 0 Å². The average Bonchev–Trinajstić information content (AvgIpc) is 2.77. The van der Waals surface area contributed by atoms with Gasteiger partial charge in [0.1, 0.15) is 5.60 Å². The molecule has 8 nitrogen and oxygen atoms in total. The summed E-state index contributed by atoms with van der Waals surface area (Å²) < 4.78 is 26.9. The van der Waals surface area contributed by atoms with E-state index in [-0.39, 0.29) is 16.5 Å². The minimum absolute atomic E-state index is 0.109. The van der Waals surface area contributed by atoms with Crippen molar-refractivity contribution in [3.05, 3.63) is 0 Å². The van der Waals surface area contributed by atoms with Crippen LogP contribution in [0.5, 0.6) is 0 Å². The van der Waals surface area contributed by atoms with Gasteiger partial charge in [0, 0.05) is 0 Å². The molecule has 5 atom stereocenters. The maximum absolute atomic E-state index is 13.4. The number of carbonyl (C=O) groups excluding carboxylic acids is 1. The Kier molecular flexibility index (Phi) is 12.6. The van der Waals surface area contributed by atoms with E-state index in [9.17, 15) is 14.7 Å². The normalized spacial score (nSPS) is 25.1. The van der Waals surface area contributed by atoms with E-state index in [0.717, 1.165) is 18.1 Å². The molecule has 0 aromatic carbocycles. The number of alkyl carbamates (subject to hydrolysis) is 1. The Balaban J connectivity index is 3.91. The number of carboxylic acids is 1. The van der Waals surface area contributed by atoms with Gasteiger partial charge in [0.15, 0.2) is 25.0 Å². The zero-order chi connectivity index (χ0) is 32.4. The highest BCUT2D eigenvalue weighted by atomic mass is 28.4. The second-order valence-corrected chi connectivity index (χ2v) is 30.2. The zero-order valence-electron chi connectivity index (χ0n) is 29.1. The summed E-state index contributed by atoms with van der Waals surface area (Å²) in [6.07, 6.45) is -2.32. The molecule has 11 heteroatoms. The summed E-state index contributed by atoms with van der Waals surface area (Å²) in [7, 11) is -7.10. The average molecular weight is 634 g/mol. The molecule has 0 unspecified atom stereocenters. The molecular weight excluding hydrogens is 571 g/mol. The largest absolute Gasteiger partial charge is 0.481 e. The highest BCUT2D eigenvalue weighted by Gasteiger charge is 2.56. The highest BCUT2D eigenvalue weighted by Crippen LogP contribution is 2.45. The molecule has 1 aliphatic rings. The number of ether oxygens (including phenoxy) is 1. The Hall–Kier alpha value is -0.729. The predicted octanol–water partition coefficient (Wildman–Crippen LogP) is 8.16. The molecule has 0 saturated heterocycles. The summed E-state index contributed by atoms with van der Waals surface area (Å²) in [6, 6.07) is 2.02. The summed E-state index contributed by atoms with van der Waals surface area (Å²) in [5, 5.41) is 13.5. The van der Waals surface area contributed by atoms with Crippen LogP contribution in [0.4, 0.5) is 4.79 Å². The molecule has 1 saturated carbocycles. The van der Waals surface area contributed by atoms with Crippen molar-refractivity contribution in [3.8, 4) is 0 Å². The lowest BCUT2D eigenvalue weighted by Gasteiger charge is -2.53. The van der Waals surface area contributed by atoms with Crippen LogP contribution in [0.25, 0.3) is 0 Å². The number of carbonyl (C=O) groups is 2. The van der Waals surface area contributed by atoms with Gasteiger partial charge < -0.3 is 28.4 Å². The van der Waals surface area contributed by atoms with Gasteiger partial charge >= 0.3 is 12.1 Å². The van der Waals surface area contributed by atoms with E-state index < -0.39 is 72.9 Å². The Bertz CT molecular complexity index is 878. The first-order valence-corrected chi connectivity index (χ1v) is 23.9. The number of carboxylic acid groups (broad SMARTS) is 1. The molecule has 0 aromatic rings. The minimum Gasteiger partial charge on any atom is -0.481 e. The van der Waals surface area contributed by atoms with Gasteiger partial charge in [-0.15, -0.1) is 0 Å². The van der Waals surface area contributed by atoms with Crippen LogP contribution in [0.3, 0.4) is 0 Å². The smallest absolute Gasteiger partial charge is 0.408 e. The van der Waals surface area contributed by atoms with Crippen LogP contribution in [-0.4, -0.2) is 72.1 Å². The highest BCUT2D eigenvalue weighted by molar-refractivity contribution is 6.75. The molecule has 1 fully saturated rings. The fourth-order valence-electron chi connectivity index (χ4n) is 4.81. The van der Waals surface area contributed by atoms with Crippen LogP contribution in [0.1, 0.15) is 89.5 Å². The molecule has 1 aliphatic carbocycles. The van der Waals surface area contributed by atoms with E-state index in [1.54, 1.807) is 0 Å². The standard InChI is InChI=1S/C30H63NO7Si3/c1-17-41(18-2,19-3)38-25-23(31-27(34)35-28(4,5)6)22(36-39(13,14)29(7,8)9)20-21(26(32)33)24(25)37-40(15,16)30(10,11)12/h21-25H,17-20H2,1-16H3,(H,31,34)(H,32,33)/t21-,22+,23+,24+,25+/m1/s1. The van der Waals surface area contributed by atoms with Crippen LogP contribution in [0, 0.1) is 5.92 Å². The van der Waals surface area contributed by atoms with Crippen molar-refractivity contribution in [3.63, 3.8) is 0 Å². The second-order valence-electron chi connectivity index (χ2n) is 15.9. The SMILES string of the molecule is CC[Si](CC)(CC)O[C@H]1[C@@H](NC(=O)OC(C)(C)C)[C@@H](O[Si](C)(C)C(C)(C)C)C[C@@H](C(=O)O)[C@@H]1O[Si](C)(C)C(C)(C)C. The van der Waals surface area contributed by atoms with Gasteiger partial charge in [-0.1, -0.05) is 62.3 Å². The first-order chi connectivity index (χ1) is 18.3. The molecule has 1 rings (SSSR count). The molecule has 41 heavy (non-hydrogen) atoms. The lowest BCUT2D eigenvalue weighted by atomic mass is 9.79. The van der Waals surface area contributed by atoms with Crippen LogP contribution >= 0.6 is 0 Å². The summed E-state index contributed by atoms with van der Waals surface area (Å²) in [5.41, 5.74) is -0.694. The molecule has 242 valence electrons. The van der Waals surface area contributed by atoms with E-state index in [1.165, 1.54) is 0 Å². The lowest BCUT2D eigenvalue weighted by Crippen LogP contribution is -2.69. The van der Waals surface area contributed by atoms with E-state index in [2.05, 4.69) is 93.8 Å². The van der Waals surface area contributed by atoms with Crippen molar-refractivity contribution in [2.45, 2.75) is 174 Å². The Morgan fingerprint density at radius 3 is 1.56 bits per heavy atom. The molecule has 1 amide bonds. The quantitative estimate of drug-likeness (QED) is 0.221. The van der Waals surface area contributed by atoms with Crippen molar-refractivity contribution in [2.24, 2.45) is 5.92 Å². The van der Waals surface area contributed by atoms with Gasteiger partial charge in [-0.3, -0.25) is 4.79 Å². The summed E-state index contributed by atoms with van der Waals surface area (Å²) in [6.45, 7) is 33.5. The van der Waals surface area contributed by atoms with E-state index in [4.69, 9.17) is 18.0 Å². The third kappa shape index (κ3) is 9.89. The maximum Gasteiger partial charge on any atom is 0.408 e. The molecule has 0 aromatic heterocycles. The van der Waals surface area contributed by atoms with Crippen molar-refractivity contribution in [1.82, 2.24) is 5.32 Å². The zero-order valence-corrected chi connectivity index (χ0v) is 32.1. The van der Waals surface area contributed by atoms with Gasteiger partial charge in [-0.2, -0.15) is 0 Å². The lowest BCUT2D eigenvalue weighted by molar-refractivity contribution is -0.157. The van der Waals surface area contributed by atoms with Gasteiger partial charge in [0.2, 0.25) is 0 Å². The molecule has 0 bridgehead atoms. The molecule has 0 radical (unpaired) electrons. The monoisotopic (exact) mass is 633 g/mol. The van der Waals surface area contributed by atoms with Crippen LogP contribution in [0.2, 0.25) is 54.4 Å². The van der Waals surface area contributed by atoms with Crippen molar-refractivity contribution >= 4 is 37.0 Å². The van der Waals surface area contributed by atoms with E-state index in [1.807, 2.05) is 20.8 Å². The van der Waals surface area contributed by atoms with Gasteiger partial charge in [0.05, 0.1) is 30.3 Å². The third-order valence-corrected chi connectivity index (χ3v) is 23.4. The molecule has 0 aliphatic heterocycles. The molecular formula is C30H63NO7Si3. The van der Waals surface area contributed by atoms with Crippen LogP contribution in [-0.2, 0) is 22.8 Å². The van der Waals surface area contributed by atoms with Gasteiger partial charge in [-0.25, -0.2) is 4.79 Å². The van der Waals surface area contributed by atoms with E-state index >= 15 is 0 Å².